The van der Waals surface area contributed by atoms with Crippen LogP contribution in [0.2, 0.25) is 0 Å². The van der Waals surface area contributed by atoms with Gasteiger partial charge in [-0.2, -0.15) is 0 Å². The summed E-state index contributed by atoms with van der Waals surface area (Å²) in [5.74, 6) is -0.300. The van der Waals surface area contributed by atoms with Crippen LogP contribution >= 0.6 is 28.3 Å². The largest absolute Gasteiger partial charge is 0.368 e. The lowest BCUT2D eigenvalue weighted by atomic mass is 10.0. The zero-order chi connectivity index (χ0) is 19.7. The number of anilines is 2. The third-order valence-corrected chi connectivity index (χ3v) is 5.93. The first-order chi connectivity index (χ1) is 13.5. The molecule has 154 valence electrons. The highest BCUT2D eigenvalue weighted by Crippen LogP contribution is 2.39. The van der Waals surface area contributed by atoms with Gasteiger partial charge in [-0.15, -0.1) is 12.4 Å². The van der Waals surface area contributed by atoms with Crippen LogP contribution in [0.3, 0.4) is 0 Å². The van der Waals surface area contributed by atoms with E-state index in [0.29, 0.717) is 0 Å². The average Bonchev–Trinajstić information content (AvgIpc) is 3.10. The summed E-state index contributed by atoms with van der Waals surface area (Å²) in [5.41, 5.74) is 9.72. The minimum atomic E-state index is -0.252. The summed E-state index contributed by atoms with van der Waals surface area (Å²) in [5, 5.41) is 4.01. The van der Waals surface area contributed by atoms with E-state index in [9.17, 15) is 4.79 Å². The predicted molar refractivity (Wildman–Crippen MR) is 124 cm³/mol. The number of nitrogens with two attached hydrogens (primary N) is 1. The summed E-state index contributed by atoms with van der Waals surface area (Å²) in [7, 11) is 0. The summed E-state index contributed by atoms with van der Waals surface area (Å²) < 4.78 is 0.903. The van der Waals surface area contributed by atoms with Gasteiger partial charge < -0.3 is 20.9 Å². The molecule has 2 aromatic heterocycles. The zero-order valence-corrected chi connectivity index (χ0v) is 18.6. The SMILES string of the molecule is CC(C(=O)Nc1c[nH]c2ncc(Br)c(N3CCCC(N)C3)c12)c1ccccc1.Cl. The van der Waals surface area contributed by atoms with Crippen molar-refractivity contribution in [2.75, 3.05) is 23.3 Å². The third kappa shape index (κ3) is 4.42. The minimum Gasteiger partial charge on any atom is -0.368 e. The molecule has 4 rings (SSSR count). The number of carbonyl (C=O) groups excluding carboxylic acids is 1. The van der Waals surface area contributed by atoms with Crippen molar-refractivity contribution in [2.45, 2.75) is 31.7 Å². The lowest BCUT2D eigenvalue weighted by Crippen LogP contribution is -2.43. The van der Waals surface area contributed by atoms with Gasteiger partial charge in [-0.3, -0.25) is 4.79 Å². The van der Waals surface area contributed by atoms with Crippen molar-refractivity contribution in [2.24, 2.45) is 5.73 Å². The van der Waals surface area contributed by atoms with E-state index in [1.165, 1.54) is 0 Å². The molecule has 1 amide bonds. The van der Waals surface area contributed by atoms with Gasteiger partial charge in [0.15, 0.2) is 0 Å². The molecule has 3 heterocycles. The summed E-state index contributed by atoms with van der Waals surface area (Å²) in [6.45, 7) is 3.64. The summed E-state index contributed by atoms with van der Waals surface area (Å²) in [6.07, 6.45) is 5.70. The molecule has 6 nitrogen and oxygen atoms in total. The van der Waals surface area contributed by atoms with E-state index in [1.54, 1.807) is 6.20 Å². The second-order valence-electron chi connectivity index (χ2n) is 7.35. The molecule has 2 unspecified atom stereocenters. The Morgan fingerprint density at radius 3 is 2.86 bits per heavy atom. The van der Waals surface area contributed by atoms with Crippen molar-refractivity contribution in [3.63, 3.8) is 0 Å². The molecule has 1 fully saturated rings. The fourth-order valence-electron chi connectivity index (χ4n) is 3.81. The van der Waals surface area contributed by atoms with Gasteiger partial charge in [-0.25, -0.2) is 4.98 Å². The fraction of sp³-hybridized carbons (Fsp3) is 0.333. The van der Waals surface area contributed by atoms with Crippen molar-refractivity contribution < 1.29 is 4.79 Å². The number of rotatable bonds is 4. The molecule has 1 aliphatic heterocycles. The number of nitrogens with one attached hydrogen (secondary N) is 2. The van der Waals surface area contributed by atoms with Gasteiger partial charge in [0.05, 0.1) is 27.2 Å². The predicted octanol–water partition coefficient (Wildman–Crippen LogP) is 4.42. The number of hydrogen-bond acceptors (Lipinski definition) is 4. The second kappa shape index (κ2) is 9.15. The van der Waals surface area contributed by atoms with Gasteiger partial charge >= 0.3 is 0 Å². The molecule has 3 aromatic rings. The average molecular weight is 479 g/mol. The number of hydrogen-bond donors (Lipinski definition) is 3. The fourth-order valence-corrected chi connectivity index (χ4v) is 4.36. The number of H-pyrrole nitrogens is 1. The van der Waals surface area contributed by atoms with Gasteiger partial charge in [-0.1, -0.05) is 30.3 Å². The van der Waals surface area contributed by atoms with Crippen molar-refractivity contribution in [1.82, 2.24) is 9.97 Å². The Labute approximate surface area is 184 Å². The Morgan fingerprint density at radius 2 is 2.14 bits per heavy atom. The first-order valence-electron chi connectivity index (χ1n) is 9.56. The Bertz CT molecular complexity index is 993. The van der Waals surface area contributed by atoms with E-state index in [-0.39, 0.29) is 30.3 Å². The van der Waals surface area contributed by atoms with Crippen LogP contribution in [-0.4, -0.2) is 35.0 Å². The highest BCUT2D eigenvalue weighted by atomic mass is 79.9. The van der Waals surface area contributed by atoms with Gasteiger partial charge in [0.25, 0.3) is 0 Å². The molecule has 0 aliphatic carbocycles. The molecule has 1 aromatic carbocycles. The highest BCUT2D eigenvalue weighted by Gasteiger charge is 2.24. The molecule has 0 spiro atoms. The third-order valence-electron chi connectivity index (χ3n) is 5.35. The molecule has 29 heavy (non-hydrogen) atoms. The summed E-state index contributed by atoms with van der Waals surface area (Å²) >= 11 is 3.65. The molecule has 1 aliphatic rings. The smallest absolute Gasteiger partial charge is 0.231 e. The zero-order valence-electron chi connectivity index (χ0n) is 16.2. The number of benzene rings is 1. The summed E-state index contributed by atoms with van der Waals surface area (Å²) in [6, 6.07) is 9.94. The number of halogens is 2. The molecular weight excluding hydrogens is 454 g/mol. The molecule has 0 radical (unpaired) electrons. The monoisotopic (exact) mass is 477 g/mol. The molecule has 0 bridgehead atoms. The minimum absolute atomic E-state index is 0. The Morgan fingerprint density at radius 1 is 1.38 bits per heavy atom. The van der Waals surface area contributed by atoms with Gasteiger partial charge in [0, 0.05) is 31.5 Å². The number of amides is 1. The molecule has 4 N–H and O–H groups in total. The van der Waals surface area contributed by atoms with E-state index >= 15 is 0 Å². The van der Waals surface area contributed by atoms with Crippen molar-refractivity contribution in [3.05, 3.63) is 52.8 Å². The number of carbonyl (C=O) groups is 1. The molecule has 1 saturated heterocycles. The normalized spacial score (nSPS) is 17.6. The van der Waals surface area contributed by atoms with E-state index in [4.69, 9.17) is 5.73 Å². The van der Waals surface area contributed by atoms with Crippen LogP contribution in [0.4, 0.5) is 11.4 Å². The number of nitrogens with zero attached hydrogens (tertiary/aromatic N) is 2. The van der Waals surface area contributed by atoms with Gasteiger partial charge in [0.2, 0.25) is 5.91 Å². The maximum Gasteiger partial charge on any atom is 0.231 e. The van der Waals surface area contributed by atoms with Crippen molar-refractivity contribution in [3.8, 4) is 0 Å². The second-order valence-corrected chi connectivity index (χ2v) is 8.20. The summed E-state index contributed by atoms with van der Waals surface area (Å²) in [4.78, 5) is 22.8. The van der Waals surface area contributed by atoms with Crippen LogP contribution < -0.4 is 16.0 Å². The number of pyridine rings is 1. The Hall–Kier alpha value is -2.09. The van der Waals surface area contributed by atoms with Crippen molar-refractivity contribution in [1.29, 1.82) is 0 Å². The molecule has 0 saturated carbocycles. The van der Waals surface area contributed by atoms with E-state index in [2.05, 4.69) is 36.1 Å². The van der Waals surface area contributed by atoms with Crippen LogP contribution in [0.5, 0.6) is 0 Å². The standard InChI is InChI=1S/C21H24BrN5O.ClH/c1-13(14-6-3-2-4-7-14)21(28)26-17-11-25-20-18(17)19(16(22)10-24-20)27-9-5-8-15(23)12-27;/h2-4,6-7,10-11,13,15H,5,8-9,12,23H2,1H3,(H,24,25)(H,26,28);1H. The molecular formula is C21H25BrClN5O. The van der Waals surface area contributed by atoms with E-state index in [1.807, 2.05) is 43.5 Å². The topological polar surface area (TPSA) is 87.0 Å². The van der Waals surface area contributed by atoms with Crippen LogP contribution in [-0.2, 0) is 4.79 Å². The van der Waals surface area contributed by atoms with Crippen LogP contribution in [0, 0.1) is 0 Å². The maximum absolute atomic E-state index is 12.9. The van der Waals surface area contributed by atoms with Gasteiger partial charge in [0.1, 0.15) is 5.65 Å². The van der Waals surface area contributed by atoms with Gasteiger partial charge in [-0.05, 0) is 41.3 Å². The quantitative estimate of drug-likeness (QED) is 0.518. The van der Waals surface area contributed by atoms with Crippen LogP contribution in [0.1, 0.15) is 31.2 Å². The maximum atomic E-state index is 12.9. The lowest BCUT2D eigenvalue weighted by molar-refractivity contribution is -0.117. The highest BCUT2D eigenvalue weighted by molar-refractivity contribution is 9.10. The number of fused-ring (bicyclic) bond motifs is 1. The van der Waals surface area contributed by atoms with Crippen LogP contribution in [0.25, 0.3) is 11.0 Å². The first kappa shape index (κ1) is 21.6. The Balaban J connectivity index is 0.00000240. The van der Waals surface area contributed by atoms with E-state index < -0.39 is 0 Å². The first-order valence-corrected chi connectivity index (χ1v) is 10.4. The molecule has 8 heteroatoms. The number of piperidine rings is 1. The number of aromatic amines is 1. The molecule has 2 atom stereocenters. The van der Waals surface area contributed by atoms with Crippen molar-refractivity contribution >= 4 is 56.7 Å². The lowest BCUT2D eigenvalue weighted by Gasteiger charge is -2.33. The Kier molecular flexibility index (Phi) is 6.82. The van der Waals surface area contributed by atoms with Crippen LogP contribution in [0.15, 0.2) is 47.2 Å². The van der Waals surface area contributed by atoms with E-state index in [0.717, 1.165) is 58.4 Å². The number of aromatic nitrogens is 2.